The van der Waals surface area contributed by atoms with Crippen molar-refractivity contribution in [3.05, 3.63) is 35.9 Å². The highest BCUT2D eigenvalue weighted by Gasteiger charge is 2.42. The first kappa shape index (κ1) is 15.2. The topological polar surface area (TPSA) is 84.4 Å². The van der Waals surface area contributed by atoms with E-state index < -0.39 is 0 Å². The summed E-state index contributed by atoms with van der Waals surface area (Å²) >= 11 is 0. The van der Waals surface area contributed by atoms with Gasteiger partial charge in [-0.1, -0.05) is 5.16 Å². The van der Waals surface area contributed by atoms with Gasteiger partial charge in [0.05, 0.1) is 6.26 Å². The van der Waals surface area contributed by atoms with E-state index >= 15 is 0 Å². The molecule has 4 rings (SSSR count). The average molecular weight is 330 g/mol. The van der Waals surface area contributed by atoms with E-state index in [0.717, 1.165) is 44.5 Å². The maximum absolute atomic E-state index is 12.5. The van der Waals surface area contributed by atoms with E-state index in [1.807, 2.05) is 24.0 Å². The Kier molecular flexibility index (Phi) is 4.00. The van der Waals surface area contributed by atoms with Crippen LogP contribution in [0.25, 0.3) is 0 Å². The Morgan fingerprint density at radius 3 is 3.17 bits per heavy atom. The fourth-order valence-electron chi connectivity index (χ4n) is 3.51. The minimum absolute atomic E-state index is 0.0282. The molecule has 2 amide bonds. The van der Waals surface area contributed by atoms with E-state index in [2.05, 4.69) is 15.5 Å². The van der Waals surface area contributed by atoms with Crippen molar-refractivity contribution < 1.29 is 13.7 Å². The minimum Gasteiger partial charge on any atom is -0.469 e. The molecule has 7 nitrogen and oxygen atoms in total. The zero-order valence-corrected chi connectivity index (χ0v) is 13.8. The number of carbonyl (C=O) groups excluding carboxylic acids is 1. The van der Waals surface area contributed by atoms with Crippen molar-refractivity contribution >= 4 is 6.03 Å². The Balaban J connectivity index is 1.29. The van der Waals surface area contributed by atoms with Crippen molar-refractivity contribution in [2.24, 2.45) is 5.92 Å². The van der Waals surface area contributed by atoms with Crippen LogP contribution in [0.4, 0.5) is 4.79 Å². The number of nitrogens with zero attached hydrogens (tertiary/aromatic N) is 3. The highest BCUT2D eigenvalue weighted by atomic mass is 16.5. The quantitative estimate of drug-likeness (QED) is 0.931. The summed E-state index contributed by atoms with van der Waals surface area (Å²) in [6.45, 7) is 3.37. The number of aromatic nitrogens is 2. The summed E-state index contributed by atoms with van der Waals surface area (Å²) < 4.78 is 10.6. The van der Waals surface area contributed by atoms with Crippen LogP contribution < -0.4 is 5.32 Å². The second-order valence-corrected chi connectivity index (χ2v) is 6.81. The summed E-state index contributed by atoms with van der Waals surface area (Å²) in [5.74, 6) is 2.99. The van der Waals surface area contributed by atoms with E-state index in [4.69, 9.17) is 8.94 Å². The van der Waals surface area contributed by atoms with Crippen molar-refractivity contribution in [2.45, 2.75) is 44.6 Å². The summed E-state index contributed by atoms with van der Waals surface area (Å²) in [5.41, 5.74) is 0. The predicted molar refractivity (Wildman–Crippen MR) is 85.4 cm³/mol. The molecule has 1 aliphatic carbocycles. The second-order valence-electron chi connectivity index (χ2n) is 6.81. The molecule has 3 heterocycles. The monoisotopic (exact) mass is 330 g/mol. The molecule has 1 saturated carbocycles. The van der Waals surface area contributed by atoms with Gasteiger partial charge in [-0.3, -0.25) is 0 Å². The Labute approximate surface area is 140 Å². The first-order valence-corrected chi connectivity index (χ1v) is 8.57. The molecule has 2 fully saturated rings. The third kappa shape index (κ3) is 3.29. The zero-order valence-electron chi connectivity index (χ0n) is 13.8. The number of piperidine rings is 1. The first-order chi connectivity index (χ1) is 11.7. The van der Waals surface area contributed by atoms with Crippen molar-refractivity contribution in [3.63, 3.8) is 0 Å². The van der Waals surface area contributed by atoms with Gasteiger partial charge in [0, 0.05) is 31.5 Å². The molecule has 24 heavy (non-hydrogen) atoms. The molecule has 2 aromatic rings. The summed E-state index contributed by atoms with van der Waals surface area (Å²) in [4.78, 5) is 18.7. The number of likely N-dealkylation sites (tertiary alicyclic amines) is 1. The van der Waals surface area contributed by atoms with Gasteiger partial charge in [0.15, 0.2) is 5.82 Å². The van der Waals surface area contributed by atoms with Crippen LogP contribution in [0.5, 0.6) is 0 Å². The van der Waals surface area contributed by atoms with Gasteiger partial charge in [-0.2, -0.15) is 4.98 Å². The van der Waals surface area contributed by atoms with E-state index in [-0.39, 0.29) is 12.1 Å². The second kappa shape index (κ2) is 6.30. The number of carbonyl (C=O) groups is 1. The number of urea groups is 1. The third-order valence-corrected chi connectivity index (χ3v) is 4.85. The summed E-state index contributed by atoms with van der Waals surface area (Å²) in [6.07, 6.45) is 5.48. The lowest BCUT2D eigenvalue weighted by atomic mass is 9.95. The number of hydrogen-bond acceptors (Lipinski definition) is 5. The van der Waals surface area contributed by atoms with Crippen LogP contribution in [0.15, 0.2) is 27.3 Å². The fraction of sp³-hybridized carbons (Fsp3) is 0.588. The number of nitrogens with one attached hydrogen (secondary N) is 1. The third-order valence-electron chi connectivity index (χ3n) is 4.85. The number of aryl methyl sites for hydroxylation is 1. The molecule has 0 spiro atoms. The molecule has 1 N–H and O–H groups in total. The molecule has 7 heteroatoms. The van der Waals surface area contributed by atoms with Crippen LogP contribution in [-0.4, -0.2) is 40.2 Å². The van der Waals surface area contributed by atoms with Gasteiger partial charge in [-0.15, -0.1) is 0 Å². The molecule has 0 radical (unpaired) electrons. The Hall–Kier alpha value is -2.31. The highest BCUT2D eigenvalue weighted by molar-refractivity contribution is 5.75. The van der Waals surface area contributed by atoms with Gasteiger partial charge in [0.25, 0.3) is 0 Å². The minimum atomic E-state index is 0.0282. The van der Waals surface area contributed by atoms with E-state index in [0.29, 0.717) is 23.6 Å². The van der Waals surface area contributed by atoms with E-state index in [1.165, 1.54) is 0 Å². The molecular formula is C17H22N4O3. The lowest BCUT2D eigenvalue weighted by Crippen LogP contribution is -2.46. The summed E-state index contributed by atoms with van der Waals surface area (Å²) in [7, 11) is 0. The van der Waals surface area contributed by atoms with Gasteiger partial charge in [0.1, 0.15) is 5.76 Å². The van der Waals surface area contributed by atoms with Crippen LogP contribution in [-0.2, 0) is 6.42 Å². The van der Waals surface area contributed by atoms with E-state index in [1.54, 1.807) is 6.26 Å². The SMILES string of the molecule is Cc1noc(CC2CCCN(C(=O)N[C@@H]3C[C@H]3c3ccco3)C2)n1. The lowest BCUT2D eigenvalue weighted by molar-refractivity contribution is 0.161. The Morgan fingerprint density at radius 1 is 1.50 bits per heavy atom. The largest absolute Gasteiger partial charge is 0.469 e. The normalized spacial score (nSPS) is 26.4. The Morgan fingerprint density at radius 2 is 2.42 bits per heavy atom. The van der Waals surface area contributed by atoms with Crippen molar-refractivity contribution in [2.75, 3.05) is 13.1 Å². The smallest absolute Gasteiger partial charge is 0.317 e. The number of rotatable bonds is 4. The molecule has 0 aromatic carbocycles. The fourth-order valence-corrected chi connectivity index (χ4v) is 3.51. The molecule has 128 valence electrons. The zero-order chi connectivity index (χ0) is 16.5. The van der Waals surface area contributed by atoms with Crippen molar-refractivity contribution in [3.8, 4) is 0 Å². The first-order valence-electron chi connectivity index (χ1n) is 8.57. The summed E-state index contributed by atoms with van der Waals surface area (Å²) in [6, 6.07) is 4.09. The average Bonchev–Trinajstić information content (AvgIpc) is 2.98. The highest BCUT2D eigenvalue weighted by Crippen LogP contribution is 2.41. The molecule has 2 aliphatic rings. The maximum atomic E-state index is 12.5. The molecule has 2 aromatic heterocycles. The molecule has 0 bridgehead atoms. The molecule has 1 saturated heterocycles. The summed E-state index contributed by atoms with van der Waals surface area (Å²) in [5, 5.41) is 6.95. The number of hydrogen-bond donors (Lipinski definition) is 1. The van der Waals surface area contributed by atoms with Gasteiger partial charge >= 0.3 is 6.03 Å². The maximum Gasteiger partial charge on any atom is 0.317 e. The van der Waals surface area contributed by atoms with Crippen LogP contribution in [0.2, 0.25) is 0 Å². The van der Waals surface area contributed by atoms with Crippen LogP contribution in [0, 0.1) is 12.8 Å². The standard InChI is InChI=1S/C17H22N4O3/c1-11-18-16(24-20-11)8-12-4-2-6-21(10-12)17(22)19-14-9-13(14)15-5-3-7-23-15/h3,5,7,12-14H,2,4,6,8-10H2,1H3,(H,19,22)/t12?,13-,14-/m1/s1. The number of furan rings is 1. The van der Waals surface area contributed by atoms with Crippen molar-refractivity contribution in [1.82, 2.24) is 20.4 Å². The van der Waals surface area contributed by atoms with Crippen LogP contribution in [0.3, 0.4) is 0 Å². The lowest BCUT2D eigenvalue weighted by Gasteiger charge is -2.32. The molecular weight excluding hydrogens is 308 g/mol. The van der Waals surface area contributed by atoms with Gasteiger partial charge in [-0.05, 0) is 44.2 Å². The van der Waals surface area contributed by atoms with Gasteiger partial charge < -0.3 is 19.2 Å². The van der Waals surface area contributed by atoms with E-state index in [9.17, 15) is 4.79 Å². The van der Waals surface area contributed by atoms with Crippen LogP contribution in [0.1, 0.15) is 42.7 Å². The molecule has 1 unspecified atom stereocenters. The number of amides is 2. The Bertz CT molecular complexity index is 697. The van der Waals surface area contributed by atoms with Gasteiger partial charge in [0.2, 0.25) is 5.89 Å². The van der Waals surface area contributed by atoms with Crippen LogP contribution >= 0.6 is 0 Å². The van der Waals surface area contributed by atoms with Crippen molar-refractivity contribution in [1.29, 1.82) is 0 Å². The predicted octanol–water partition coefficient (Wildman–Crippen LogP) is 2.49. The molecule has 1 aliphatic heterocycles. The van der Waals surface area contributed by atoms with Gasteiger partial charge in [-0.25, -0.2) is 4.79 Å². The molecule has 3 atom stereocenters.